The van der Waals surface area contributed by atoms with E-state index in [4.69, 9.17) is 9.47 Å². The number of ether oxygens (including phenoxy) is 2. The summed E-state index contributed by atoms with van der Waals surface area (Å²) >= 11 is 0. The molecule has 0 aromatic rings. The van der Waals surface area contributed by atoms with Gasteiger partial charge in [0.15, 0.2) is 6.29 Å². The van der Waals surface area contributed by atoms with Crippen molar-refractivity contribution in [1.82, 2.24) is 5.32 Å². The molecule has 3 nitrogen and oxygen atoms in total. The van der Waals surface area contributed by atoms with Gasteiger partial charge in [0.05, 0.1) is 6.10 Å². The van der Waals surface area contributed by atoms with E-state index < -0.39 is 0 Å². The Morgan fingerprint density at radius 2 is 2.18 bits per heavy atom. The number of rotatable bonds is 2. The van der Waals surface area contributed by atoms with Crippen LogP contribution in [0.1, 0.15) is 19.8 Å². The molecule has 0 spiro atoms. The van der Waals surface area contributed by atoms with E-state index in [1.165, 1.54) is 0 Å². The first-order chi connectivity index (χ1) is 5.27. The van der Waals surface area contributed by atoms with Crippen LogP contribution in [-0.2, 0) is 9.47 Å². The fourth-order valence-electron chi connectivity index (χ4n) is 1.51. The highest BCUT2D eigenvalue weighted by molar-refractivity contribution is 4.77. The third kappa shape index (κ3) is 2.15. The van der Waals surface area contributed by atoms with Crippen molar-refractivity contribution in [1.29, 1.82) is 0 Å². The Morgan fingerprint density at radius 3 is 2.64 bits per heavy atom. The monoisotopic (exact) mass is 159 g/mol. The van der Waals surface area contributed by atoms with Crippen molar-refractivity contribution in [2.45, 2.75) is 38.2 Å². The molecule has 3 unspecified atom stereocenters. The summed E-state index contributed by atoms with van der Waals surface area (Å²) in [6.07, 6.45) is 2.40. The summed E-state index contributed by atoms with van der Waals surface area (Å²) in [4.78, 5) is 0. The zero-order valence-corrected chi connectivity index (χ0v) is 7.46. The minimum Gasteiger partial charge on any atom is -0.356 e. The fraction of sp³-hybridized carbons (Fsp3) is 1.00. The highest BCUT2D eigenvalue weighted by Crippen LogP contribution is 2.19. The van der Waals surface area contributed by atoms with Crippen LogP contribution in [0.2, 0.25) is 0 Å². The van der Waals surface area contributed by atoms with Crippen molar-refractivity contribution >= 4 is 0 Å². The van der Waals surface area contributed by atoms with Gasteiger partial charge in [0.25, 0.3) is 0 Å². The van der Waals surface area contributed by atoms with Crippen molar-refractivity contribution in [2.75, 3.05) is 14.2 Å². The van der Waals surface area contributed by atoms with Crippen LogP contribution in [0.3, 0.4) is 0 Å². The van der Waals surface area contributed by atoms with Gasteiger partial charge < -0.3 is 14.8 Å². The second-order valence-electron chi connectivity index (χ2n) is 2.98. The van der Waals surface area contributed by atoms with E-state index in [-0.39, 0.29) is 12.4 Å². The first kappa shape index (κ1) is 8.97. The maximum atomic E-state index is 5.55. The van der Waals surface area contributed by atoms with Gasteiger partial charge in [-0.3, -0.25) is 0 Å². The molecule has 1 fully saturated rings. The van der Waals surface area contributed by atoms with E-state index in [9.17, 15) is 0 Å². The molecule has 1 rings (SSSR count). The number of hydrogen-bond acceptors (Lipinski definition) is 3. The Balaban J connectivity index is 2.34. The molecule has 0 aromatic heterocycles. The molecule has 11 heavy (non-hydrogen) atoms. The zero-order chi connectivity index (χ0) is 8.27. The van der Waals surface area contributed by atoms with E-state index >= 15 is 0 Å². The van der Waals surface area contributed by atoms with Crippen LogP contribution in [-0.4, -0.2) is 32.6 Å². The van der Waals surface area contributed by atoms with Crippen molar-refractivity contribution in [3.8, 4) is 0 Å². The smallest absolute Gasteiger partial charge is 0.157 e. The molecule has 0 aromatic carbocycles. The molecule has 1 aliphatic heterocycles. The Hall–Kier alpha value is -0.120. The normalized spacial score (nSPS) is 39.0. The molecule has 66 valence electrons. The average Bonchev–Trinajstić information content (AvgIpc) is 2.04. The van der Waals surface area contributed by atoms with Gasteiger partial charge in [-0.2, -0.15) is 0 Å². The molecule has 0 aliphatic carbocycles. The molecule has 3 heteroatoms. The minimum atomic E-state index is 0.00889. The predicted molar refractivity (Wildman–Crippen MR) is 43.4 cm³/mol. The Bertz CT molecular complexity index is 119. The molecule has 0 radical (unpaired) electrons. The lowest BCUT2D eigenvalue weighted by molar-refractivity contribution is -0.182. The second kappa shape index (κ2) is 4.04. The highest BCUT2D eigenvalue weighted by Gasteiger charge is 2.26. The van der Waals surface area contributed by atoms with E-state index in [1.807, 2.05) is 7.05 Å². The molecule has 0 amide bonds. The zero-order valence-electron chi connectivity index (χ0n) is 7.46. The van der Waals surface area contributed by atoms with Gasteiger partial charge >= 0.3 is 0 Å². The van der Waals surface area contributed by atoms with E-state index in [0.717, 1.165) is 12.8 Å². The van der Waals surface area contributed by atoms with Crippen LogP contribution in [0.15, 0.2) is 0 Å². The van der Waals surface area contributed by atoms with Gasteiger partial charge in [-0.25, -0.2) is 0 Å². The summed E-state index contributed by atoms with van der Waals surface area (Å²) in [6, 6.07) is 0.487. The largest absolute Gasteiger partial charge is 0.356 e. The molecule has 1 aliphatic rings. The van der Waals surface area contributed by atoms with E-state index in [0.29, 0.717) is 6.04 Å². The summed E-state index contributed by atoms with van der Waals surface area (Å²) < 4.78 is 10.7. The lowest BCUT2D eigenvalue weighted by atomic mass is 10.0. The number of methoxy groups -OCH3 is 1. The second-order valence-corrected chi connectivity index (χ2v) is 2.98. The highest BCUT2D eigenvalue weighted by atomic mass is 16.7. The third-order valence-corrected chi connectivity index (χ3v) is 2.28. The van der Waals surface area contributed by atoms with Gasteiger partial charge in [-0.05, 0) is 26.8 Å². The first-order valence-electron chi connectivity index (χ1n) is 4.13. The number of likely N-dealkylation sites (N-methyl/N-ethyl adjacent to an activating group) is 1. The van der Waals surface area contributed by atoms with Gasteiger partial charge in [-0.1, -0.05) is 0 Å². The van der Waals surface area contributed by atoms with Crippen LogP contribution >= 0.6 is 0 Å². The van der Waals surface area contributed by atoms with Gasteiger partial charge in [0, 0.05) is 13.2 Å². The molecule has 0 bridgehead atoms. The van der Waals surface area contributed by atoms with Gasteiger partial charge in [0.2, 0.25) is 0 Å². The topological polar surface area (TPSA) is 30.5 Å². The van der Waals surface area contributed by atoms with Gasteiger partial charge in [-0.15, -0.1) is 0 Å². The summed E-state index contributed by atoms with van der Waals surface area (Å²) in [5.74, 6) is 0. The summed E-state index contributed by atoms with van der Waals surface area (Å²) in [5, 5.41) is 3.22. The molecule has 1 N–H and O–H groups in total. The molecule has 1 heterocycles. The Morgan fingerprint density at radius 1 is 1.45 bits per heavy atom. The molecular weight excluding hydrogens is 142 g/mol. The summed E-state index contributed by atoms with van der Waals surface area (Å²) in [5.41, 5.74) is 0. The van der Waals surface area contributed by atoms with Crippen molar-refractivity contribution in [3.05, 3.63) is 0 Å². The molecule has 1 saturated heterocycles. The number of hydrogen-bond donors (Lipinski definition) is 1. The van der Waals surface area contributed by atoms with Crippen LogP contribution in [0, 0.1) is 0 Å². The quantitative estimate of drug-likeness (QED) is 0.645. The van der Waals surface area contributed by atoms with E-state index in [1.54, 1.807) is 7.11 Å². The predicted octanol–water partition coefficient (Wildman–Crippen LogP) is 0.746. The standard InChI is InChI=1S/C8H17NO2/c1-6-7(9-2)4-5-8(10-3)11-6/h6-9H,4-5H2,1-3H3. The molecule has 0 saturated carbocycles. The van der Waals surface area contributed by atoms with Crippen LogP contribution in [0.5, 0.6) is 0 Å². The summed E-state index contributed by atoms with van der Waals surface area (Å²) in [6.45, 7) is 2.08. The Kier molecular flexibility index (Phi) is 3.30. The minimum absolute atomic E-state index is 0.00889. The SMILES string of the molecule is CNC1CCC(OC)OC1C. The maximum Gasteiger partial charge on any atom is 0.157 e. The lowest BCUT2D eigenvalue weighted by Crippen LogP contribution is -2.44. The van der Waals surface area contributed by atoms with Crippen molar-refractivity contribution in [2.24, 2.45) is 0 Å². The average molecular weight is 159 g/mol. The fourth-order valence-corrected chi connectivity index (χ4v) is 1.51. The van der Waals surface area contributed by atoms with Crippen LogP contribution < -0.4 is 5.32 Å². The molecule has 3 atom stereocenters. The van der Waals surface area contributed by atoms with Crippen molar-refractivity contribution in [3.63, 3.8) is 0 Å². The summed E-state index contributed by atoms with van der Waals surface area (Å²) in [7, 11) is 3.66. The lowest BCUT2D eigenvalue weighted by Gasteiger charge is -2.33. The van der Waals surface area contributed by atoms with Crippen molar-refractivity contribution < 1.29 is 9.47 Å². The van der Waals surface area contributed by atoms with E-state index in [2.05, 4.69) is 12.2 Å². The van der Waals surface area contributed by atoms with Crippen LogP contribution in [0.25, 0.3) is 0 Å². The Labute approximate surface area is 68.1 Å². The molecular formula is C8H17NO2. The number of nitrogens with one attached hydrogen (secondary N) is 1. The van der Waals surface area contributed by atoms with Gasteiger partial charge in [0.1, 0.15) is 0 Å². The maximum absolute atomic E-state index is 5.55. The third-order valence-electron chi connectivity index (χ3n) is 2.28. The first-order valence-corrected chi connectivity index (χ1v) is 4.13. The van der Waals surface area contributed by atoms with Crippen LogP contribution in [0.4, 0.5) is 0 Å².